The highest BCUT2D eigenvalue weighted by atomic mass is 32.2. The van der Waals surface area contributed by atoms with Crippen molar-refractivity contribution in [1.82, 2.24) is 0 Å². The molecule has 1 saturated heterocycles. The lowest BCUT2D eigenvalue weighted by Gasteiger charge is -2.22. The van der Waals surface area contributed by atoms with Crippen LogP contribution in [0.5, 0.6) is 0 Å². The minimum absolute atomic E-state index is 0.313. The summed E-state index contributed by atoms with van der Waals surface area (Å²) in [5.74, 6) is 2.37. The zero-order valence-electron chi connectivity index (χ0n) is 10.2. The molecule has 1 nitrogen and oxygen atoms in total. The van der Waals surface area contributed by atoms with Crippen LogP contribution in [-0.4, -0.2) is 22.7 Å². The average Bonchev–Trinajstić information content (AvgIpc) is 2.24. The van der Waals surface area contributed by atoms with Crippen molar-refractivity contribution in [3.05, 3.63) is 12.7 Å². The van der Waals surface area contributed by atoms with Gasteiger partial charge in [-0.3, -0.25) is 0 Å². The number of aliphatic hydroxyl groups is 1. The molecule has 90 valence electrons. The van der Waals surface area contributed by atoms with Crippen LogP contribution in [0.4, 0.5) is 0 Å². The van der Waals surface area contributed by atoms with E-state index in [0.717, 1.165) is 30.4 Å². The van der Waals surface area contributed by atoms with Gasteiger partial charge in [-0.1, -0.05) is 19.9 Å². The summed E-state index contributed by atoms with van der Waals surface area (Å²) in [6.07, 6.45) is 7.77. The molecular formula is C13H26OS. The second-order valence-electron chi connectivity index (χ2n) is 4.33. The Morgan fingerprint density at radius 2 is 2.07 bits per heavy atom. The van der Waals surface area contributed by atoms with Crippen LogP contribution in [0, 0.1) is 5.92 Å². The van der Waals surface area contributed by atoms with Crippen LogP contribution in [0.3, 0.4) is 0 Å². The summed E-state index contributed by atoms with van der Waals surface area (Å²) >= 11 is 2.13. The SMILES string of the molecule is C=CCCCCO.CC1CCC(C)SC1. The Hall–Kier alpha value is 0.0500. The van der Waals surface area contributed by atoms with Crippen molar-refractivity contribution >= 4 is 11.8 Å². The number of unbranched alkanes of at least 4 members (excludes halogenated alkanes) is 2. The van der Waals surface area contributed by atoms with Crippen molar-refractivity contribution in [3.8, 4) is 0 Å². The van der Waals surface area contributed by atoms with Gasteiger partial charge in [-0.25, -0.2) is 0 Å². The lowest BCUT2D eigenvalue weighted by Crippen LogP contribution is -2.12. The van der Waals surface area contributed by atoms with Gasteiger partial charge in [0.15, 0.2) is 0 Å². The van der Waals surface area contributed by atoms with Crippen LogP contribution in [0.25, 0.3) is 0 Å². The third-order valence-corrected chi connectivity index (χ3v) is 4.11. The smallest absolute Gasteiger partial charge is 0.0431 e. The van der Waals surface area contributed by atoms with E-state index in [0.29, 0.717) is 6.61 Å². The van der Waals surface area contributed by atoms with E-state index in [1.807, 2.05) is 6.08 Å². The molecule has 0 amide bonds. The topological polar surface area (TPSA) is 20.2 Å². The van der Waals surface area contributed by atoms with E-state index in [1.165, 1.54) is 18.6 Å². The van der Waals surface area contributed by atoms with Crippen LogP contribution in [0.15, 0.2) is 12.7 Å². The number of thioether (sulfide) groups is 1. The van der Waals surface area contributed by atoms with Crippen LogP contribution < -0.4 is 0 Å². The summed E-state index contributed by atoms with van der Waals surface area (Å²) in [6, 6.07) is 0. The number of rotatable bonds is 4. The molecule has 1 aliphatic heterocycles. The first-order chi connectivity index (χ1) is 7.20. The van der Waals surface area contributed by atoms with Crippen LogP contribution in [0.1, 0.15) is 46.0 Å². The van der Waals surface area contributed by atoms with Gasteiger partial charge >= 0.3 is 0 Å². The fraction of sp³-hybridized carbons (Fsp3) is 0.846. The van der Waals surface area contributed by atoms with E-state index >= 15 is 0 Å². The first-order valence-corrected chi connectivity index (χ1v) is 7.09. The van der Waals surface area contributed by atoms with Gasteiger partial charge in [0.25, 0.3) is 0 Å². The van der Waals surface area contributed by atoms with Gasteiger partial charge in [0.1, 0.15) is 0 Å². The highest BCUT2D eigenvalue weighted by Crippen LogP contribution is 2.27. The summed E-state index contributed by atoms with van der Waals surface area (Å²) in [6.45, 7) is 8.54. The van der Waals surface area contributed by atoms with Gasteiger partial charge in [0, 0.05) is 11.9 Å². The summed E-state index contributed by atoms with van der Waals surface area (Å²) in [7, 11) is 0. The van der Waals surface area contributed by atoms with Crippen molar-refractivity contribution in [3.63, 3.8) is 0 Å². The largest absolute Gasteiger partial charge is 0.396 e. The zero-order valence-corrected chi connectivity index (χ0v) is 11.1. The minimum atomic E-state index is 0.313. The molecule has 0 aliphatic carbocycles. The molecule has 1 rings (SSSR count). The Morgan fingerprint density at radius 1 is 1.33 bits per heavy atom. The van der Waals surface area contributed by atoms with Crippen molar-refractivity contribution in [2.75, 3.05) is 12.4 Å². The second-order valence-corrected chi connectivity index (χ2v) is 5.81. The second kappa shape index (κ2) is 10.6. The summed E-state index contributed by atoms with van der Waals surface area (Å²) < 4.78 is 0. The molecule has 2 unspecified atom stereocenters. The lowest BCUT2D eigenvalue weighted by atomic mass is 10.1. The molecule has 0 radical (unpaired) electrons. The standard InChI is InChI=1S/C7H14S.C6H12O/c1-6-3-4-7(2)8-5-6;1-2-3-4-5-6-7/h6-7H,3-5H2,1-2H3;2,7H,1,3-6H2. The Kier molecular flexibility index (Phi) is 10.6. The maximum atomic E-state index is 8.26. The molecule has 0 spiro atoms. The molecular weight excluding hydrogens is 204 g/mol. The fourth-order valence-corrected chi connectivity index (χ4v) is 2.54. The van der Waals surface area contributed by atoms with E-state index in [-0.39, 0.29) is 0 Å². The molecule has 1 aliphatic rings. The third-order valence-electron chi connectivity index (χ3n) is 2.55. The van der Waals surface area contributed by atoms with Gasteiger partial charge in [-0.05, 0) is 43.8 Å². The molecule has 0 bridgehead atoms. The van der Waals surface area contributed by atoms with Gasteiger partial charge in [-0.2, -0.15) is 11.8 Å². The van der Waals surface area contributed by atoms with Gasteiger partial charge in [-0.15, -0.1) is 6.58 Å². The molecule has 1 N–H and O–H groups in total. The molecule has 0 saturated carbocycles. The number of hydrogen-bond donors (Lipinski definition) is 1. The molecule has 0 aromatic rings. The molecule has 15 heavy (non-hydrogen) atoms. The van der Waals surface area contributed by atoms with Crippen LogP contribution >= 0.6 is 11.8 Å². The van der Waals surface area contributed by atoms with E-state index in [1.54, 1.807) is 0 Å². The Labute approximate surface area is 99.3 Å². The lowest BCUT2D eigenvalue weighted by molar-refractivity contribution is 0.285. The monoisotopic (exact) mass is 230 g/mol. The van der Waals surface area contributed by atoms with Crippen molar-refractivity contribution in [1.29, 1.82) is 0 Å². The van der Waals surface area contributed by atoms with E-state index in [2.05, 4.69) is 32.2 Å². The number of aliphatic hydroxyl groups excluding tert-OH is 1. The van der Waals surface area contributed by atoms with Gasteiger partial charge < -0.3 is 5.11 Å². The zero-order chi connectivity index (χ0) is 11.5. The summed E-state index contributed by atoms with van der Waals surface area (Å²) in [5, 5.41) is 9.19. The van der Waals surface area contributed by atoms with Crippen LogP contribution in [0.2, 0.25) is 0 Å². The first-order valence-electron chi connectivity index (χ1n) is 6.04. The van der Waals surface area contributed by atoms with Crippen LogP contribution in [-0.2, 0) is 0 Å². The molecule has 1 heterocycles. The third kappa shape index (κ3) is 10.3. The Bertz CT molecular complexity index is 129. The molecule has 1 fully saturated rings. The first kappa shape index (κ1) is 15.0. The number of allylic oxidation sites excluding steroid dienone is 1. The summed E-state index contributed by atoms with van der Waals surface area (Å²) in [5.41, 5.74) is 0. The van der Waals surface area contributed by atoms with Crippen molar-refractivity contribution < 1.29 is 5.11 Å². The van der Waals surface area contributed by atoms with E-state index < -0.39 is 0 Å². The quantitative estimate of drug-likeness (QED) is 0.584. The molecule has 0 aromatic heterocycles. The fourth-order valence-electron chi connectivity index (χ4n) is 1.41. The predicted octanol–water partition coefficient (Wildman–Crippen LogP) is 3.87. The van der Waals surface area contributed by atoms with Gasteiger partial charge in [0.05, 0.1) is 0 Å². The highest BCUT2D eigenvalue weighted by Gasteiger charge is 2.13. The maximum absolute atomic E-state index is 8.26. The Morgan fingerprint density at radius 3 is 2.47 bits per heavy atom. The normalized spacial score (nSPS) is 25.3. The molecule has 2 atom stereocenters. The highest BCUT2D eigenvalue weighted by molar-refractivity contribution is 7.99. The predicted molar refractivity (Wildman–Crippen MR) is 71.5 cm³/mol. The van der Waals surface area contributed by atoms with Gasteiger partial charge in [0.2, 0.25) is 0 Å². The molecule has 2 heteroatoms. The minimum Gasteiger partial charge on any atom is -0.396 e. The summed E-state index contributed by atoms with van der Waals surface area (Å²) in [4.78, 5) is 0. The molecule has 0 aromatic carbocycles. The van der Waals surface area contributed by atoms with E-state index in [9.17, 15) is 0 Å². The van der Waals surface area contributed by atoms with Crippen molar-refractivity contribution in [2.24, 2.45) is 5.92 Å². The average molecular weight is 230 g/mol. The Balaban J connectivity index is 0.000000265. The van der Waals surface area contributed by atoms with Crippen molar-refractivity contribution in [2.45, 2.75) is 51.2 Å². The number of hydrogen-bond acceptors (Lipinski definition) is 2. The maximum Gasteiger partial charge on any atom is 0.0431 e. The van der Waals surface area contributed by atoms with E-state index in [4.69, 9.17) is 5.11 Å².